The van der Waals surface area contributed by atoms with Crippen LogP contribution in [0.25, 0.3) is 33.4 Å². The fourth-order valence-corrected chi connectivity index (χ4v) is 5.26. The highest BCUT2D eigenvalue weighted by Gasteiger charge is 2.45. The van der Waals surface area contributed by atoms with Crippen molar-refractivity contribution in [2.45, 2.75) is 32.1 Å². The number of benzene rings is 2. The molecule has 4 aromatic rings. The number of carbonyl (C=O) groups is 1. The van der Waals surface area contributed by atoms with Crippen molar-refractivity contribution in [2.24, 2.45) is 0 Å². The van der Waals surface area contributed by atoms with Gasteiger partial charge >= 0.3 is 5.97 Å². The molecular formula is C28H25N3O4. The molecule has 7 heteroatoms. The number of nitrogens with zero attached hydrogens (tertiary/aromatic N) is 3. The predicted molar refractivity (Wildman–Crippen MR) is 134 cm³/mol. The zero-order valence-electron chi connectivity index (χ0n) is 19.8. The highest BCUT2D eigenvalue weighted by Crippen LogP contribution is 2.39. The maximum Gasteiger partial charge on any atom is 0.343 e. The van der Waals surface area contributed by atoms with Crippen molar-refractivity contribution >= 4 is 22.6 Å². The second-order valence-electron chi connectivity index (χ2n) is 9.42. The van der Waals surface area contributed by atoms with Crippen LogP contribution in [0.15, 0.2) is 59.4 Å². The highest BCUT2D eigenvalue weighted by atomic mass is 16.6. The summed E-state index contributed by atoms with van der Waals surface area (Å²) < 4.78 is 6.81. The van der Waals surface area contributed by atoms with Gasteiger partial charge in [0.25, 0.3) is 5.56 Å². The normalized spacial score (nSPS) is 18.1. The largest absolute Gasteiger partial charge is 0.458 e. The van der Waals surface area contributed by atoms with Gasteiger partial charge in [-0.15, -0.1) is 0 Å². The van der Waals surface area contributed by atoms with Crippen molar-refractivity contribution in [3.63, 3.8) is 0 Å². The molecule has 0 amide bonds. The smallest absolute Gasteiger partial charge is 0.343 e. The molecule has 0 radical (unpaired) electrons. The average molecular weight is 468 g/mol. The monoisotopic (exact) mass is 467 g/mol. The average Bonchev–Trinajstić information content (AvgIpc) is 3.22. The van der Waals surface area contributed by atoms with Crippen LogP contribution < -0.4 is 10.5 Å². The Labute approximate surface area is 202 Å². The van der Waals surface area contributed by atoms with Crippen molar-refractivity contribution in [3.8, 4) is 22.5 Å². The molecule has 6 rings (SSSR count). The van der Waals surface area contributed by atoms with E-state index in [1.54, 1.807) is 17.6 Å². The van der Waals surface area contributed by atoms with Crippen LogP contribution in [-0.4, -0.2) is 34.7 Å². The van der Waals surface area contributed by atoms with E-state index < -0.39 is 11.6 Å². The molecule has 2 aromatic heterocycles. The number of ether oxygens (including phenoxy) is 1. The summed E-state index contributed by atoms with van der Waals surface area (Å²) in [5, 5.41) is 12.0. The molecule has 0 saturated carbocycles. The molecule has 2 aliphatic heterocycles. The number of hydrogen-bond acceptors (Lipinski definition) is 6. The maximum atomic E-state index is 13.3. The molecule has 176 valence electrons. The third kappa shape index (κ3) is 3.04. The lowest BCUT2D eigenvalue weighted by Crippen LogP contribution is -2.44. The summed E-state index contributed by atoms with van der Waals surface area (Å²) in [4.78, 5) is 32.7. The van der Waals surface area contributed by atoms with Crippen molar-refractivity contribution in [1.82, 2.24) is 9.55 Å². The molecule has 1 atom stereocenters. The minimum atomic E-state index is -1.82. The Kier molecular flexibility index (Phi) is 4.63. The van der Waals surface area contributed by atoms with Gasteiger partial charge in [-0.25, -0.2) is 9.78 Å². The Bertz CT molecular complexity index is 1600. The van der Waals surface area contributed by atoms with Crippen molar-refractivity contribution in [3.05, 3.63) is 81.6 Å². The maximum absolute atomic E-state index is 13.3. The Morgan fingerprint density at radius 1 is 1.11 bits per heavy atom. The molecular weight excluding hydrogens is 442 g/mol. The van der Waals surface area contributed by atoms with Gasteiger partial charge in [-0.1, -0.05) is 31.2 Å². The third-order valence-corrected chi connectivity index (χ3v) is 7.20. The third-order valence-electron chi connectivity index (χ3n) is 7.20. The Balaban J connectivity index is 1.51. The van der Waals surface area contributed by atoms with E-state index in [-0.39, 0.29) is 18.6 Å². The topological polar surface area (TPSA) is 84.7 Å². The fourth-order valence-electron chi connectivity index (χ4n) is 5.26. The molecule has 2 aliphatic rings. The van der Waals surface area contributed by atoms with Crippen LogP contribution in [0, 0.1) is 0 Å². The first-order valence-electron chi connectivity index (χ1n) is 11.7. The van der Waals surface area contributed by atoms with E-state index in [9.17, 15) is 14.7 Å². The molecule has 35 heavy (non-hydrogen) atoms. The van der Waals surface area contributed by atoms with Crippen molar-refractivity contribution in [2.75, 3.05) is 19.0 Å². The van der Waals surface area contributed by atoms with Crippen LogP contribution in [0.2, 0.25) is 0 Å². The number of carbonyl (C=O) groups excluding carboxylic acids is 1. The van der Waals surface area contributed by atoms with Gasteiger partial charge in [0.2, 0.25) is 0 Å². The summed E-state index contributed by atoms with van der Waals surface area (Å²) in [7, 11) is 4.06. The van der Waals surface area contributed by atoms with E-state index in [4.69, 9.17) is 9.72 Å². The predicted octanol–water partition coefficient (Wildman–Crippen LogP) is 3.81. The summed E-state index contributed by atoms with van der Waals surface area (Å²) in [6.45, 7) is 1.96. The number of esters is 1. The van der Waals surface area contributed by atoms with Gasteiger partial charge < -0.3 is 19.3 Å². The zero-order chi connectivity index (χ0) is 24.5. The van der Waals surface area contributed by atoms with E-state index in [0.717, 1.165) is 33.3 Å². The minimum absolute atomic E-state index is 0.122. The first-order chi connectivity index (χ1) is 16.8. The number of rotatable bonds is 3. The van der Waals surface area contributed by atoms with E-state index in [0.29, 0.717) is 29.1 Å². The minimum Gasteiger partial charge on any atom is -0.458 e. The number of para-hydroxylation sites is 1. The SMILES string of the molecule is CC[C@@]1(O)C(=O)OCc2c1cc1n(c2=O)Cc2cc3cc(-c4ccccc4N(C)C)ccc3nc2-1. The number of aromatic nitrogens is 2. The lowest BCUT2D eigenvalue weighted by atomic mass is 9.86. The van der Waals surface area contributed by atoms with Crippen LogP contribution in [-0.2, 0) is 28.3 Å². The Morgan fingerprint density at radius 2 is 1.91 bits per heavy atom. The van der Waals surface area contributed by atoms with Crippen LogP contribution in [0.1, 0.15) is 30.0 Å². The van der Waals surface area contributed by atoms with Gasteiger partial charge in [0.05, 0.1) is 29.0 Å². The second kappa shape index (κ2) is 7.52. The van der Waals surface area contributed by atoms with Crippen LogP contribution in [0.5, 0.6) is 0 Å². The van der Waals surface area contributed by atoms with Gasteiger partial charge in [-0.2, -0.15) is 0 Å². The Morgan fingerprint density at radius 3 is 2.69 bits per heavy atom. The first-order valence-corrected chi connectivity index (χ1v) is 11.7. The number of fused-ring (bicyclic) bond motifs is 5. The summed E-state index contributed by atoms with van der Waals surface area (Å²) in [5.41, 5.74) is 5.02. The molecule has 7 nitrogen and oxygen atoms in total. The summed E-state index contributed by atoms with van der Waals surface area (Å²) in [6.07, 6.45) is 0.122. The molecule has 0 fully saturated rings. The zero-order valence-corrected chi connectivity index (χ0v) is 19.8. The molecule has 0 spiro atoms. The Hall–Kier alpha value is -3.97. The van der Waals surface area contributed by atoms with E-state index in [1.165, 1.54) is 0 Å². The lowest BCUT2D eigenvalue weighted by Gasteiger charge is -2.31. The van der Waals surface area contributed by atoms with Gasteiger partial charge in [0, 0.05) is 41.9 Å². The summed E-state index contributed by atoms with van der Waals surface area (Å²) >= 11 is 0. The molecule has 0 unspecified atom stereocenters. The highest BCUT2D eigenvalue weighted by molar-refractivity contribution is 5.91. The van der Waals surface area contributed by atoms with E-state index >= 15 is 0 Å². The van der Waals surface area contributed by atoms with Gasteiger partial charge in [-0.3, -0.25) is 4.79 Å². The van der Waals surface area contributed by atoms with E-state index in [1.807, 2.05) is 32.3 Å². The van der Waals surface area contributed by atoms with Gasteiger partial charge in [0.1, 0.15) is 6.61 Å². The van der Waals surface area contributed by atoms with Crippen LogP contribution >= 0.6 is 0 Å². The molecule has 4 heterocycles. The molecule has 1 N–H and O–H groups in total. The summed E-state index contributed by atoms with van der Waals surface area (Å²) in [6, 6.07) is 18.3. The van der Waals surface area contributed by atoms with Crippen LogP contribution in [0.4, 0.5) is 5.69 Å². The number of anilines is 1. The number of pyridine rings is 2. The molecule has 0 aliphatic carbocycles. The van der Waals surface area contributed by atoms with Crippen molar-refractivity contribution < 1.29 is 14.6 Å². The second-order valence-corrected chi connectivity index (χ2v) is 9.42. The van der Waals surface area contributed by atoms with Crippen LogP contribution in [0.3, 0.4) is 0 Å². The van der Waals surface area contributed by atoms with Gasteiger partial charge in [-0.05, 0) is 42.3 Å². The first kappa shape index (κ1) is 21.6. The number of hydrogen-bond donors (Lipinski definition) is 1. The number of aliphatic hydroxyl groups is 1. The molecule has 2 aromatic carbocycles. The van der Waals surface area contributed by atoms with Crippen molar-refractivity contribution in [1.29, 1.82) is 0 Å². The number of cyclic esters (lactones) is 1. The molecule has 0 saturated heterocycles. The van der Waals surface area contributed by atoms with Gasteiger partial charge in [0.15, 0.2) is 5.60 Å². The molecule has 0 bridgehead atoms. The quantitative estimate of drug-likeness (QED) is 0.406. The fraction of sp³-hybridized carbons (Fsp3) is 0.250. The lowest BCUT2D eigenvalue weighted by molar-refractivity contribution is -0.172. The standard InChI is InChI=1S/C28H25N3O4/c1-4-28(34)21-13-24-25-18(14-31(24)26(32)20(21)15-35-27(28)33)12-17-11-16(9-10-22(17)29-25)19-7-5-6-8-23(19)30(2)3/h5-13,34H,4,14-15H2,1-3H3/t28-/m0/s1. The summed E-state index contributed by atoms with van der Waals surface area (Å²) in [5.74, 6) is -0.716. The van der Waals surface area contributed by atoms with E-state index in [2.05, 4.69) is 35.2 Å².